The zero-order valence-corrected chi connectivity index (χ0v) is 24.7. The minimum Gasteiger partial charge on any atom is -0.450 e. The number of carbonyl (C=O) groups excluding carboxylic acids is 2. The number of hydrogen-bond acceptors (Lipinski definition) is 7. The number of thiazole rings is 1. The zero-order valence-electron chi connectivity index (χ0n) is 23.0. The molecule has 0 radical (unpaired) electrons. The molecule has 2 heterocycles. The van der Waals surface area contributed by atoms with Gasteiger partial charge >= 0.3 is 6.09 Å². The van der Waals surface area contributed by atoms with E-state index in [4.69, 9.17) is 9.72 Å². The van der Waals surface area contributed by atoms with E-state index in [0.717, 1.165) is 27.8 Å². The van der Waals surface area contributed by atoms with Crippen molar-refractivity contribution in [3.63, 3.8) is 0 Å². The van der Waals surface area contributed by atoms with Gasteiger partial charge in [0.2, 0.25) is 10.0 Å². The molecule has 0 N–H and O–H groups in total. The Morgan fingerprint density at radius 2 is 1.63 bits per heavy atom. The first-order valence-electron chi connectivity index (χ1n) is 13.6. The predicted molar refractivity (Wildman–Crippen MR) is 160 cm³/mol. The lowest BCUT2D eigenvalue weighted by atomic mass is 10.1. The summed E-state index contributed by atoms with van der Waals surface area (Å²) in [6.45, 7) is 5.26. The van der Waals surface area contributed by atoms with Gasteiger partial charge in [0.05, 0.1) is 28.3 Å². The number of aryl methyl sites for hydroxylation is 1. The van der Waals surface area contributed by atoms with Gasteiger partial charge in [-0.05, 0) is 54.8 Å². The normalized spacial score (nSPS) is 14.2. The molecular formula is C30H32N4O5S2. The number of rotatable bonds is 8. The van der Waals surface area contributed by atoms with Gasteiger partial charge in [0.1, 0.15) is 0 Å². The number of fused-ring (bicyclic) bond motifs is 1. The van der Waals surface area contributed by atoms with Crippen LogP contribution in [0.3, 0.4) is 0 Å². The molecule has 0 atom stereocenters. The summed E-state index contributed by atoms with van der Waals surface area (Å²) in [6, 6.07) is 21.8. The van der Waals surface area contributed by atoms with Crippen molar-refractivity contribution in [2.24, 2.45) is 0 Å². The number of piperazine rings is 1. The number of anilines is 1. The van der Waals surface area contributed by atoms with Crippen molar-refractivity contribution >= 4 is 48.7 Å². The fourth-order valence-electron chi connectivity index (χ4n) is 4.79. The quantitative estimate of drug-likeness (QED) is 0.280. The van der Waals surface area contributed by atoms with Crippen LogP contribution in [0.15, 0.2) is 77.7 Å². The SMILES string of the molecule is CCOC(=O)N1CCN(S(=O)(=O)c2ccc(C(=O)N(Cc3ccccc3)c3nc4c(CC)cccc4s3)cc2)CC1. The van der Waals surface area contributed by atoms with Crippen LogP contribution >= 0.6 is 11.3 Å². The summed E-state index contributed by atoms with van der Waals surface area (Å²) >= 11 is 1.46. The Morgan fingerprint density at radius 1 is 0.927 bits per heavy atom. The summed E-state index contributed by atoms with van der Waals surface area (Å²) in [7, 11) is -3.79. The second-order valence-corrected chi connectivity index (χ2v) is 12.6. The van der Waals surface area contributed by atoms with Gasteiger partial charge in [-0.25, -0.2) is 18.2 Å². The lowest BCUT2D eigenvalue weighted by molar-refractivity contribution is 0.0933. The first kappa shape index (κ1) is 28.7. The number of amides is 2. The second kappa shape index (κ2) is 12.4. The topological polar surface area (TPSA) is 100 Å². The monoisotopic (exact) mass is 592 g/mol. The molecule has 1 aromatic heterocycles. The second-order valence-electron chi connectivity index (χ2n) is 9.61. The highest BCUT2D eigenvalue weighted by Crippen LogP contribution is 2.33. The van der Waals surface area contributed by atoms with Crippen molar-refractivity contribution in [2.75, 3.05) is 37.7 Å². The maximum atomic E-state index is 13.9. The molecule has 11 heteroatoms. The van der Waals surface area contributed by atoms with E-state index < -0.39 is 16.1 Å². The molecule has 1 fully saturated rings. The highest BCUT2D eigenvalue weighted by molar-refractivity contribution is 7.89. The van der Waals surface area contributed by atoms with E-state index in [1.165, 1.54) is 32.7 Å². The summed E-state index contributed by atoms with van der Waals surface area (Å²) in [5.74, 6) is -0.266. The van der Waals surface area contributed by atoms with Crippen LogP contribution < -0.4 is 4.90 Å². The van der Waals surface area contributed by atoms with Crippen LogP contribution in [0.2, 0.25) is 0 Å². The van der Waals surface area contributed by atoms with Crippen LogP contribution in [-0.2, 0) is 27.7 Å². The number of carbonyl (C=O) groups is 2. The number of sulfonamides is 1. The number of benzene rings is 3. The van der Waals surface area contributed by atoms with Crippen LogP contribution in [-0.4, -0.2) is 67.4 Å². The van der Waals surface area contributed by atoms with Crippen molar-refractivity contribution in [1.82, 2.24) is 14.2 Å². The van der Waals surface area contributed by atoms with Crippen molar-refractivity contribution in [1.29, 1.82) is 0 Å². The van der Waals surface area contributed by atoms with Gasteiger partial charge < -0.3 is 9.64 Å². The average molecular weight is 593 g/mol. The van der Waals surface area contributed by atoms with E-state index in [1.807, 2.05) is 48.5 Å². The fraction of sp³-hybridized carbons (Fsp3) is 0.300. The van der Waals surface area contributed by atoms with Crippen LogP contribution in [0.1, 0.15) is 35.3 Å². The molecule has 0 spiro atoms. The van der Waals surface area contributed by atoms with E-state index in [9.17, 15) is 18.0 Å². The van der Waals surface area contributed by atoms with E-state index in [0.29, 0.717) is 17.2 Å². The largest absolute Gasteiger partial charge is 0.450 e. The Labute approximate surface area is 244 Å². The number of ether oxygens (including phenoxy) is 1. The summed E-state index contributed by atoms with van der Waals surface area (Å²) in [6.07, 6.45) is 0.396. The van der Waals surface area contributed by atoms with Gasteiger partial charge in [-0.3, -0.25) is 9.69 Å². The Kier molecular flexibility index (Phi) is 8.67. The molecule has 1 aliphatic rings. The summed E-state index contributed by atoms with van der Waals surface area (Å²) < 4.78 is 34.0. The van der Waals surface area contributed by atoms with E-state index in [2.05, 4.69) is 6.92 Å². The van der Waals surface area contributed by atoms with Gasteiger partial charge in [0.25, 0.3) is 5.91 Å². The third-order valence-corrected chi connectivity index (χ3v) is 9.99. The highest BCUT2D eigenvalue weighted by atomic mass is 32.2. The van der Waals surface area contributed by atoms with Gasteiger partial charge in [-0.2, -0.15) is 4.31 Å². The molecule has 1 saturated heterocycles. The third kappa shape index (κ3) is 6.12. The molecule has 1 aliphatic heterocycles. The summed E-state index contributed by atoms with van der Waals surface area (Å²) in [5, 5.41) is 0.589. The van der Waals surface area contributed by atoms with Crippen molar-refractivity contribution in [3.8, 4) is 0 Å². The molecular weight excluding hydrogens is 560 g/mol. The number of para-hydroxylation sites is 1. The van der Waals surface area contributed by atoms with Gasteiger partial charge in [0.15, 0.2) is 5.13 Å². The van der Waals surface area contributed by atoms with Crippen LogP contribution in [0, 0.1) is 0 Å². The molecule has 0 aliphatic carbocycles. The standard InChI is InChI=1S/C30H32N4O5S2/c1-3-23-11-8-12-26-27(23)31-29(40-26)34(21-22-9-6-5-7-10-22)28(35)24-13-15-25(16-14-24)41(37,38)33-19-17-32(18-20-33)30(36)39-4-2/h5-16H,3-4,17-21H2,1-2H3. The van der Waals surface area contributed by atoms with Crippen LogP contribution in [0.25, 0.3) is 10.2 Å². The molecule has 2 amide bonds. The molecule has 9 nitrogen and oxygen atoms in total. The summed E-state index contributed by atoms with van der Waals surface area (Å²) in [5.41, 5.74) is 3.33. The van der Waals surface area contributed by atoms with Crippen molar-refractivity contribution in [3.05, 3.63) is 89.5 Å². The lowest BCUT2D eigenvalue weighted by Gasteiger charge is -2.33. The molecule has 5 rings (SSSR count). The maximum absolute atomic E-state index is 13.9. The minimum absolute atomic E-state index is 0.0980. The summed E-state index contributed by atoms with van der Waals surface area (Å²) in [4.78, 5) is 34.0. The van der Waals surface area contributed by atoms with E-state index >= 15 is 0 Å². The van der Waals surface area contributed by atoms with Gasteiger partial charge in [-0.1, -0.05) is 60.7 Å². The molecule has 41 heavy (non-hydrogen) atoms. The number of nitrogens with zero attached hydrogens (tertiary/aromatic N) is 4. The molecule has 3 aromatic carbocycles. The first-order chi connectivity index (χ1) is 19.8. The van der Waals surface area contributed by atoms with Crippen LogP contribution in [0.4, 0.5) is 9.93 Å². The first-order valence-corrected chi connectivity index (χ1v) is 15.8. The van der Waals surface area contributed by atoms with Crippen molar-refractivity contribution < 1.29 is 22.7 Å². The van der Waals surface area contributed by atoms with Gasteiger partial charge in [0, 0.05) is 31.7 Å². The molecule has 0 saturated carbocycles. The van der Waals surface area contributed by atoms with Crippen molar-refractivity contribution in [2.45, 2.75) is 31.7 Å². The molecule has 0 unspecified atom stereocenters. The Bertz CT molecular complexity index is 1630. The Morgan fingerprint density at radius 3 is 2.29 bits per heavy atom. The lowest BCUT2D eigenvalue weighted by Crippen LogP contribution is -2.50. The maximum Gasteiger partial charge on any atom is 0.409 e. The van der Waals surface area contributed by atoms with E-state index in [1.54, 1.807) is 24.0 Å². The molecule has 214 valence electrons. The molecule has 0 bridgehead atoms. The highest BCUT2D eigenvalue weighted by Gasteiger charge is 2.31. The van der Waals surface area contributed by atoms with E-state index in [-0.39, 0.29) is 43.6 Å². The Hall–Kier alpha value is -3.80. The minimum atomic E-state index is -3.79. The fourth-order valence-corrected chi connectivity index (χ4v) is 7.22. The zero-order chi connectivity index (χ0) is 29.0. The molecule has 4 aromatic rings. The van der Waals surface area contributed by atoms with Crippen LogP contribution in [0.5, 0.6) is 0 Å². The average Bonchev–Trinajstić information content (AvgIpc) is 3.45. The Balaban J connectivity index is 1.39. The number of hydrogen-bond donors (Lipinski definition) is 0. The van der Waals surface area contributed by atoms with Gasteiger partial charge in [-0.15, -0.1) is 0 Å². The predicted octanol–water partition coefficient (Wildman–Crippen LogP) is 5.17. The third-order valence-electron chi connectivity index (χ3n) is 7.04. The number of aromatic nitrogens is 1. The smallest absolute Gasteiger partial charge is 0.409 e.